The highest BCUT2D eigenvalue weighted by molar-refractivity contribution is 6.30. The second-order valence-electron chi connectivity index (χ2n) is 3.10. The number of carbonyl (C=O) groups is 1. The fourth-order valence-corrected chi connectivity index (χ4v) is 1.39. The number of carbonyl (C=O) groups excluding carboxylic acids is 1. The van der Waals surface area contributed by atoms with Crippen molar-refractivity contribution in [1.29, 1.82) is 0 Å². The minimum Gasteiger partial charge on any atom is -0.298 e. The third-order valence-electron chi connectivity index (χ3n) is 2.06. The minimum atomic E-state index is 0.577. The predicted octanol–water partition coefficient (Wildman–Crippen LogP) is 3.21. The van der Waals surface area contributed by atoms with E-state index in [1.54, 1.807) is 12.3 Å². The second-order valence-corrected chi connectivity index (χ2v) is 3.54. The fourth-order valence-electron chi connectivity index (χ4n) is 1.27. The molecular weight excluding hydrogens is 210 g/mol. The van der Waals surface area contributed by atoms with Crippen molar-refractivity contribution in [1.82, 2.24) is 4.98 Å². The van der Waals surface area contributed by atoms with E-state index in [1.807, 2.05) is 30.3 Å². The first-order valence-electron chi connectivity index (χ1n) is 4.47. The first-order valence-corrected chi connectivity index (χ1v) is 4.84. The van der Waals surface area contributed by atoms with Gasteiger partial charge in [0, 0.05) is 22.3 Å². The van der Waals surface area contributed by atoms with Crippen LogP contribution in [0.4, 0.5) is 0 Å². The number of nitrogens with zero attached hydrogens (tertiary/aromatic N) is 1. The molecule has 0 N–H and O–H groups in total. The molecule has 3 heteroatoms. The van der Waals surface area contributed by atoms with Gasteiger partial charge < -0.3 is 0 Å². The van der Waals surface area contributed by atoms with E-state index in [4.69, 9.17) is 11.6 Å². The highest BCUT2D eigenvalue weighted by atomic mass is 35.5. The summed E-state index contributed by atoms with van der Waals surface area (Å²) in [6, 6.07) is 11.0. The number of pyridine rings is 1. The van der Waals surface area contributed by atoms with Crippen LogP contribution in [0.5, 0.6) is 0 Å². The van der Waals surface area contributed by atoms with Crippen LogP contribution in [0, 0.1) is 0 Å². The molecule has 0 unspecified atom stereocenters. The van der Waals surface area contributed by atoms with Crippen LogP contribution in [0.15, 0.2) is 42.6 Å². The standard InChI is InChI=1S/C12H8ClNO/c13-11-4-2-10(3-5-11)12-6-1-9(8-15)7-14-12/h1-8H. The molecule has 0 amide bonds. The lowest BCUT2D eigenvalue weighted by molar-refractivity contribution is 0.112. The summed E-state index contributed by atoms with van der Waals surface area (Å²) in [7, 11) is 0. The Morgan fingerprint density at radius 2 is 1.80 bits per heavy atom. The molecule has 2 aromatic rings. The van der Waals surface area contributed by atoms with Gasteiger partial charge in [0.05, 0.1) is 5.69 Å². The van der Waals surface area contributed by atoms with Crippen molar-refractivity contribution in [3.05, 3.63) is 53.2 Å². The summed E-state index contributed by atoms with van der Waals surface area (Å²) in [5.41, 5.74) is 2.39. The third kappa shape index (κ3) is 2.22. The SMILES string of the molecule is O=Cc1ccc(-c2ccc(Cl)cc2)nc1. The molecule has 0 bridgehead atoms. The van der Waals surface area contributed by atoms with Gasteiger partial charge in [0.15, 0.2) is 6.29 Å². The summed E-state index contributed by atoms with van der Waals surface area (Å²) < 4.78 is 0. The van der Waals surface area contributed by atoms with Crippen LogP contribution in [-0.4, -0.2) is 11.3 Å². The maximum atomic E-state index is 10.4. The summed E-state index contributed by atoms with van der Waals surface area (Å²) in [6.07, 6.45) is 2.33. The number of rotatable bonds is 2. The summed E-state index contributed by atoms with van der Waals surface area (Å²) >= 11 is 5.78. The van der Waals surface area contributed by atoms with Crippen LogP contribution >= 0.6 is 11.6 Å². The molecule has 74 valence electrons. The summed E-state index contributed by atoms with van der Waals surface area (Å²) in [5.74, 6) is 0. The lowest BCUT2D eigenvalue weighted by atomic mass is 10.1. The summed E-state index contributed by atoms with van der Waals surface area (Å²) in [4.78, 5) is 14.6. The van der Waals surface area contributed by atoms with Crippen molar-refractivity contribution in [3.63, 3.8) is 0 Å². The van der Waals surface area contributed by atoms with Crippen molar-refractivity contribution in [2.24, 2.45) is 0 Å². The quantitative estimate of drug-likeness (QED) is 0.723. The van der Waals surface area contributed by atoms with Gasteiger partial charge in [0.1, 0.15) is 0 Å². The molecule has 1 aromatic carbocycles. The van der Waals surface area contributed by atoms with Crippen molar-refractivity contribution >= 4 is 17.9 Å². The molecule has 0 saturated heterocycles. The average Bonchev–Trinajstić information content (AvgIpc) is 2.30. The molecule has 0 aliphatic rings. The normalized spacial score (nSPS) is 9.93. The molecule has 0 aliphatic heterocycles. The molecular formula is C12H8ClNO. The lowest BCUT2D eigenvalue weighted by Gasteiger charge is -2.00. The highest BCUT2D eigenvalue weighted by Gasteiger charge is 1.98. The Bertz CT molecular complexity index is 462. The number of benzene rings is 1. The maximum absolute atomic E-state index is 10.4. The number of hydrogen-bond acceptors (Lipinski definition) is 2. The first kappa shape index (κ1) is 9.87. The lowest BCUT2D eigenvalue weighted by Crippen LogP contribution is -1.85. The smallest absolute Gasteiger partial charge is 0.151 e. The number of hydrogen-bond donors (Lipinski definition) is 0. The van der Waals surface area contributed by atoms with Gasteiger partial charge in [0.25, 0.3) is 0 Å². The van der Waals surface area contributed by atoms with Gasteiger partial charge in [-0.25, -0.2) is 0 Å². The zero-order chi connectivity index (χ0) is 10.7. The predicted molar refractivity (Wildman–Crippen MR) is 60.1 cm³/mol. The van der Waals surface area contributed by atoms with Gasteiger partial charge in [-0.15, -0.1) is 0 Å². The minimum absolute atomic E-state index is 0.577. The van der Waals surface area contributed by atoms with Gasteiger partial charge >= 0.3 is 0 Å². The van der Waals surface area contributed by atoms with E-state index >= 15 is 0 Å². The monoisotopic (exact) mass is 217 g/mol. The Balaban J connectivity index is 2.37. The van der Waals surface area contributed by atoms with E-state index in [9.17, 15) is 4.79 Å². The Labute approximate surface area is 92.5 Å². The van der Waals surface area contributed by atoms with Crippen LogP contribution in [0.25, 0.3) is 11.3 Å². The van der Waals surface area contributed by atoms with Gasteiger partial charge in [-0.05, 0) is 24.3 Å². The number of aldehydes is 1. The summed E-state index contributed by atoms with van der Waals surface area (Å²) in [5, 5.41) is 0.697. The van der Waals surface area contributed by atoms with E-state index in [2.05, 4.69) is 4.98 Å². The fraction of sp³-hybridized carbons (Fsp3) is 0. The topological polar surface area (TPSA) is 30.0 Å². The molecule has 0 saturated carbocycles. The molecule has 1 aromatic heterocycles. The first-order chi connectivity index (χ1) is 7.29. The molecule has 15 heavy (non-hydrogen) atoms. The van der Waals surface area contributed by atoms with Crippen LogP contribution in [0.1, 0.15) is 10.4 Å². The average molecular weight is 218 g/mol. The zero-order valence-electron chi connectivity index (χ0n) is 7.85. The van der Waals surface area contributed by atoms with E-state index in [0.717, 1.165) is 17.5 Å². The van der Waals surface area contributed by atoms with Crippen molar-refractivity contribution in [2.75, 3.05) is 0 Å². The Morgan fingerprint density at radius 1 is 1.07 bits per heavy atom. The van der Waals surface area contributed by atoms with Crippen molar-refractivity contribution < 1.29 is 4.79 Å². The molecule has 0 spiro atoms. The van der Waals surface area contributed by atoms with Crippen LogP contribution < -0.4 is 0 Å². The van der Waals surface area contributed by atoms with E-state index < -0.39 is 0 Å². The molecule has 0 atom stereocenters. The van der Waals surface area contributed by atoms with Crippen LogP contribution in [0.3, 0.4) is 0 Å². The second kappa shape index (κ2) is 4.24. The van der Waals surface area contributed by atoms with Gasteiger partial charge in [0.2, 0.25) is 0 Å². The molecule has 0 fully saturated rings. The number of halogens is 1. The highest BCUT2D eigenvalue weighted by Crippen LogP contribution is 2.19. The maximum Gasteiger partial charge on any atom is 0.151 e. The van der Waals surface area contributed by atoms with Crippen molar-refractivity contribution in [3.8, 4) is 11.3 Å². The molecule has 0 aliphatic carbocycles. The van der Waals surface area contributed by atoms with Crippen LogP contribution in [0.2, 0.25) is 5.02 Å². The third-order valence-corrected chi connectivity index (χ3v) is 2.31. The van der Waals surface area contributed by atoms with Crippen molar-refractivity contribution in [2.45, 2.75) is 0 Å². The Kier molecular flexibility index (Phi) is 2.79. The number of aromatic nitrogens is 1. The largest absolute Gasteiger partial charge is 0.298 e. The summed E-state index contributed by atoms with van der Waals surface area (Å²) in [6.45, 7) is 0. The van der Waals surface area contributed by atoms with E-state index in [-0.39, 0.29) is 0 Å². The Hall–Kier alpha value is -1.67. The molecule has 1 heterocycles. The molecule has 2 nitrogen and oxygen atoms in total. The Morgan fingerprint density at radius 3 is 2.33 bits per heavy atom. The van der Waals surface area contributed by atoms with Gasteiger partial charge in [-0.3, -0.25) is 9.78 Å². The van der Waals surface area contributed by atoms with E-state index in [0.29, 0.717) is 10.6 Å². The van der Waals surface area contributed by atoms with Gasteiger partial charge in [-0.1, -0.05) is 23.7 Å². The van der Waals surface area contributed by atoms with Crippen LogP contribution in [-0.2, 0) is 0 Å². The zero-order valence-corrected chi connectivity index (χ0v) is 8.61. The van der Waals surface area contributed by atoms with E-state index in [1.165, 1.54) is 0 Å². The molecule has 0 radical (unpaired) electrons. The molecule has 2 rings (SSSR count). The van der Waals surface area contributed by atoms with Gasteiger partial charge in [-0.2, -0.15) is 0 Å².